The smallest absolute Gasteiger partial charge is 0.0340 e. The van der Waals surface area contributed by atoms with Crippen LogP contribution in [0.4, 0.5) is 5.69 Å². The summed E-state index contributed by atoms with van der Waals surface area (Å²) in [6, 6.07) is 10.2. The summed E-state index contributed by atoms with van der Waals surface area (Å²) in [4.78, 5) is 0.516. The molecule has 1 aromatic rings. The van der Waals surface area contributed by atoms with E-state index in [2.05, 4.69) is 40.3 Å². The zero-order valence-corrected chi connectivity index (χ0v) is 10.3. The van der Waals surface area contributed by atoms with Crippen molar-refractivity contribution in [3.05, 3.63) is 30.3 Å². The zero-order chi connectivity index (χ0) is 8.10. The molecule has 0 spiro atoms. The molecule has 12 heavy (non-hydrogen) atoms. The lowest BCUT2D eigenvalue weighted by Crippen LogP contribution is -2.09. The van der Waals surface area contributed by atoms with Gasteiger partial charge in [-0.1, -0.05) is 41.1 Å². The first-order valence-corrected chi connectivity index (χ1v) is 4.63. The fourth-order valence-corrected chi connectivity index (χ4v) is 0.976. The van der Waals surface area contributed by atoms with Gasteiger partial charge in [0.05, 0.1) is 0 Å². The van der Waals surface area contributed by atoms with E-state index in [1.165, 1.54) is 5.69 Å². The predicted molar refractivity (Wildman–Crippen MR) is 63.6 cm³/mol. The molecule has 0 aromatic heterocycles. The molecule has 0 aliphatic rings. The molecule has 0 fully saturated rings. The van der Waals surface area contributed by atoms with Gasteiger partial charge in [-0.3, -0.25) is 0 Å². The molecule has 0 saturated heterocycles. The molecular weight excluding hydrogens is 282 g/mol. The van der Waals surface area contributed by atoms with Crippen molar-refractivity contribution < 1.29 is 0 Å². The Bertz CT molecular complexity index is 199. The largest absolute Gasteiger partial charge is 0.384 e. The van der Waals surface area contributed by atoms with Gasteiger partial charge in [-0.15, -0.1) is 17.0 Å². The molecule has 0 aliphatic heterocycles. The quantitative estimate of drug-likeness (QED) is 0.842. The maximum Gasteiger partial charge on any atom is 0.0340 e. The van der Waals surface area contributed by atoms with E-state index in [1.807, 2.05) is 18.2 Å². The highest BCUT2D eigenvalue weighted by Crippen LogP contribution is 2.06. The number of benzene rings is 1. The molecule has 3 heteroatoms. The van der Waals surface area contributed by atoms with Crippen molar-refractivity contribution in [1.82, 2.24) is 0 Å². The summed E-state index contributed by atoms with van der Waals surface area (Å²) in [6.07, 6.45) is 0. The molecule has 68 valence electrons. The first-order valence-electron chi connectivity index (χ1n) is 3.72. The number of alkyl halides is 1. The van der Waals surface area contributed by atoms with Crippen LogP contribution < -0.4 is 5.32 Å². The van der Waals surface area contributed by atoms with Crippen LogP contribution in [0.2, 0.25) is 0 Å². The topological polar surface area (TPSA) is 12.0 Å². The molecule has 0 bridgehead atoms. The van der Waals surface area contributed by atoms with E-state index in [-0.39, 0.29) is 17.0 Å². The highest BCUT2D eigenvalue weighted by Gasteiger charge is 1.93. The molecule has 1 atom stereocenters. The minimum Gasteiger partial charge on any atom is -0.384 e. The molecule has 1 unspecified atom stereocenters. The Morgan fingerprint density at radius 3 is 2.42 bits per heavy atom. The zero-order valence-electron chi connectivity index (χ0n) is 6.96. The van der Waals surface area contributed by atoms with Gasteiger partial charge in [0, 0.05) is 17.1 Å². The Morgan fingerprint density at radius 1 is 1.33 bits per heavy atom. The number of rotatable bonds is 3. The van der Waals surface area contributed by atoms with Crippen LogP contribution in [-0.2, 0) is 0 Å². The van der Waals surface area contributed by atoms with Crippen LogP contribution in [-0.4, -0.2) is 11.4 Å². The van der Waals surface area contributed by atoms with Crippen molar-refractivity contribution in [2.45, 2.75) is 11.8 Å². The summed E-state index contributed by atoms with van der Waals surface area (Å²) in [5.41, 5.74) is 1.18. The summed E-state index contributed by atoms with van der Waals surface area (Å²) >= 11 is 3.47. The first-order chi connectivity index (χ1) is 5.29. The van der Waals surface area contributed by atoms with Crippen molar-refractivity contribution in [3.8, 4) is 0 Å². The van der Waals surface area contributed by atoms with E-state index < -0.39 is 0 Å². The van der Waals surface area contributed by atoms with E-state index in [1.54, 1.807) is 0 Å². The fraction of sp³-hybridized carbons (Fsp3) is 0.333. The van der Waals surface area contributed by atoms with Gasteiger partial charge in [0.1, 0.15) is 0 Å². The van der Waals surface area contributed by atoms with E-state index in [9.17, 15) is 0 Å². The van der Waals surface area contributed by atoms with Gasteiger partial charge >= 0.3 is 0 Å². The molecule has 1 rings (SSSR count). The Balaban J connectivity index is 0.00000121. The second-order valence-electron chi connectivity index (χ2n) is 2.53. The third kappa shape index (κ3) is 4.78. The van der Waals surface area contributed by atoms with Crippen LogP contribution in [0.25, 0.3) is 0 Å². The Morgan fingerprint density at radius 2 is 1.92 bits per heavy atom. The highest BCUT2D eigenvalue weighted by molar-refractivity contribution is 9.09. The van der Waals surface area contributed by atoms with Gasteiger partial charge in [-0.2, -0.15) is 0 Å². The van der Waals surface area contributed by atoms with Crippen molar-refractivity contribution in [2.75, 3.05) is 11.9 Å². The number of anilines is 1. The first kappa shape index (κ1) is 12.0. The second-order valence-corrected chi connectivity index (χ2v) is 4.09. The van der Waals surface area contributed by atoms with Gasteiger partial charge in [-0.05, 0) is 12.1 Å². The van der Waals surface area contributed by atoms with E-state index in [0.29, 0.717) is 4.83 Å². The summed E-state index contributed by atoms with van der Waals surface area (Å²) < 4.78 is 0. The van der Waals surface area contributed by atoms with Gasteiger partial charge in [0.15, 0.2) is 0 Å². The normalized spacial score (nSPS) is 11.5. The van der Waals surface area contributed by atoms with Gasteiger partial charge in [-0.25, -0.2) is 0 Å². The Kier molecular flexibility index (Phi) is 6.48. The molecule has 1 nitrogen and oxygen atoms in total. The maximum absolute atomic E-state index is 3.47. The maximum atomic E-state index is 3.47. The molecule has 1 aromatic carbocycles. The van der Waals surface area contributed by atoms with Crippen molar-refractivity contribution in [3.63, 3.8) is 0 Å². The molecule has 0 saturated carbocycles. The standard InChI is InChI=1S/C9H12BrN.BrH/c1-8(10)7-11-9-5-3-2-4-6-9;/h2-6,8,11H,7H2,1H3;1H. The van der Waals surface area contributed by atoms with E-state index in [0.717, 1.165) is 6.54 Å². The average molecular weight is 295 g/mol. The van der Waals surface area contributed by atoms with Gasteiger partial charge in [0.25, 0.3) is 0 Å². The second kappa shape index (κ2) is 6.49. The van der Waals surface area contributed by atoms with E-state index in [4.69, 9.17) is 0 Å². The molecule has 1 N–H and O–H groups in total. The SMILES string of the molecule is Br.CC(Br)CNc1ccccc1. The minimum absolute atomic E-state index is 0. The van der Waals surface area contributed by atoms with Crippen LogP contribution in [0.3, 0.4) is 0 Å². The number of hydrogen-bond donors (Lipinski definition) is 1. The van der Waals surface area contributed by atoms with Crippen LogP contribution in [0.15, 0.2) is 30.3 Å². The number of halogens is 2. The van der Waals surface area contributed by atoms with Crippen LogP contribution in [0.5, 0.6) is 0 Å². The predicted octanol–water partition coefficient (Wildman–Crippen LogP) is 3.46. The fourth-order valence-electron chi connectivity index (χ4n) is 0.814. The van der Waals surface area contributed by atoms with Crippen molar-refractivity contribution in [2.24, 2.45) is 0 Å². The summed E-state index contributed by atoms with van der Waals surface area (Å²) in [6.45, 7) is 3.08. The number of nitrogens with one attached hydrogen (secondary N) is 1. The molecule has 0 radical (unpaired) electrons. The third-order valence-electron chi connectivity index (χ3n) is 1.36. The molecular formula is C9H13Br2N. The number of hydrogen-bond acceptors (Lipinski definition) is 1. The van der Waals surface area contributed by atoms with Crippen molar-refractivity contribution >= 4 is 38.6 Å². The Labute approximate surface area is 92.5 Å². The summed E-state index contributed by atoms with van der Waals surface area (Å²) in [5, 5.41) is 3.30. The minimum atomic E-state index is 0. The third-order valence-corrected chi connectivity index (χ3v) is 1.68. The van der Waals surface area contributed by atoms with Gasteiger partial charge < -0.3 is 5.32 Å². The monoisotopic (exact) mass is 293 g/mol. The average Bonchev–Trinajstić information content (AvgIpc) is 2.03. The lowest BCUT2D eigenvalue weighted by molar-refractivity contribution is 1.02. The van der Waals surface area contributed by atoms with Gasteiger partial charge in [0.2, 0.25) is 0 Å². The summed E-state index contributed by atoms with van der Waals surface area (Å²) in [5.74, 6) is 0. The van der Waals surface area contributed by atoms with Crippen LogP contribution in [0, 0.1) is 0 Å². The summed E-state index contributed by atoms with van der Waals surface area (Å²) in [7, 11) is 0. The lowest BCUT2D eigenvalue weighted by Gasteiger charge is -2.06. The van der Waals surface area contributed by atoms with Crippen LogP contribution in [0.1, 0.15) is 6.92 Å². The highest BCUT2D eigenvalue weighted by atomic mass is 79.9. The molecule has 0 amide bonds. The molecule has 0 heterocycles. The van der Waals surface area contributed by atoms with Crippen LogP contribution >= 0.6 is 32.9 Å². The van der Waals surface area contributed by atoms with E-state index >= 15 is 0 Å². The Hall–Kier alpha value is -0.0200. The number of para-hydroxylation sites is 1. The molecule has 0 aliphatic carbocycles. The lowest BCUT2D eigenvalue weighted by atomic mass is 10.3. The van der Waals surface area contributed by atoms with Crippen molar-refractivity contribution in [1.29, 1.82) is 0 Å².